The van der Waals surface area contributed by atoms with Crippen molar-refractivity contribution in [2.45, 2.75) is 13.3 Å². The highest BCUT2D eigenvalue weighted by Gasteiger charge is 2.14. The lowest BCUT2D eigenvalue weighted by molar-refractivity contribution is -0.104. The largest absolute Gasteiger partial charge is 0.299 e. The molecule has 0 N–H and O–H groups in total. The maximum atomic E-state index is 11.2. The minimum absolute atomic E-state index is 0.625. The van der Waals surface area contributed by atoms with Crippen molar-refractivity contribution in [3.05, 3.63) is 87.6 Å². The third-order valence-electron chi connectivity index (χ3n) is 4.07. The molecule has 124 valence electrons. The minimum Gasteiger partial charge on any atom is -0.299 e. The molecule has 0 bridgehead atoms. The van der Waals surface area contributed by atoms with Crippen molar-refractivity contribution < 1.29 is 9.59 Å². The molecule has 0 fully saturated rings. The lowest BCUT2D eigenvalue weighted by atomic mass is 10.00. The molecule has 3 rings (SSSR count). The number of aldehydes is 2. The Morgan fingerprint density at radius 3 is 2.32 bits per heavy atom. The number of hydrogen-bond acceptors (Lipinski definition) is 3. The number of carbonyl (C=O) groups excluding carboxylic acids is 2. The monoisotopic (exact) mass is 346 g/mol. The van der Waals surface area contributed by atoms with Crippen LogP contribution in [-0.2, 0) is 11.2 Å². The lowest BCUT2D eigenvalue weighted by Crippen LogP contribution is -1.87. The van der Waals surface area contributed by atoms with E-state index in [1.54, 1.807) is 29.5 Å². The van der Waals surface area contributed by atoms with Gasteiger partial charge in [0.25, 0.3) is 0 Å². The Hall–Kier alpha value is -2.78. The van der Waals surface area contributed by atoms with E-state index < -0.39 is 0 Å². The van der Waals surface area contributed by atoms with Gasteiger partial charge in [0, 0.05) is 20.9 Å². The van der Waals surface area contributed by atoms with Crippen molar-refractivity contribution in [2.75, 3.05) is 0 Å². The van der Waals surface area contributed by atoms with E-state index in [1.165, 1.54) is 16.0 Å². The van der Waals surface area contributed by atoms with E-state index in [4.69, 9.17) is 0 Å². The number of thiophene rings is 1. The quantitative estimate of drug-likeness (QED) is 0.441. The number of rotatable bonds is 6. The van der Waals surface area contributed by atoms with E-state index in [-0.39, 0.29) is 0 Å². The van der Waals surface area contributed by atoms with Gasteiger partial charge in [-0.15, -0.1) is 11.3 Å². The Kier molecular flexibility index (Phi) is 5.36. The molecule has 0 aliphatic heterocycles. The van der Waals surface area contributed by atoms with Crippen LogP contribution in [-0.4, -0.2) is 12.6 Å². The van der Waals surface area contributed by atoms with Gasteiger partial charge in [0.2, 0.25) is 0 Å². The van der Waals surface area contributed by atoms with Crippen molar-refractivity contribution in [1.82, 2.24) is 0 Å². The molecular formula is C22H18O2S. The van der Waals surface area contributed by atoms with E-state index in [0.717, 1.165) is 35.0 Å². The third-order valence-corrected chi connectivity index (χ3v) is 5.39. The van der Waals surface area contributed by atoms with Gasteiger partial charge < -0.3 is 0 Å². The molecule has 0 spiro atoms. The van der Waals surface area contributed by atoms with Crippen molar-refractivity contribution in [2.24, 2.45) is 0 Å². The molecule has 0 amide bonds. The highest BCUT2D eigenvalue weighted by molar-refractivity contribution is 7.13. The Balaban J connectivity index is 2.08. The molecule has 2 aromatic carbocycles. The van der Waals surface area contributed by atoms with Gasteiger partial charge in [0.05, 0.1) is 0 Å². The Morgan fingerprint density at radius 1 is 1.00 bits per heavy atom. The molecule has 1 aromatic heterocycles. The van der Waals surface area contributed by atoms with E-state index in [9.17, 15) is 9.59 Å². The molecule has 0 aliphatic carbocycles. The third kappa shape index (κ3) is 3.67. The molecule has 0 saturated carbocycles. The maximum Gasteiger partial charge on any atom is 0.150 e. The van der Waals surface area contributed by atoms with E-state index >= 15 is 0 Å². The van der Waals surface area contributed by atoms with Gasteiger partial charge in [0.15, 0.2) is 0 Å². The fourth-order valence-corrected chi connectivity index (χ4v) is 3.99. The molecular weight excluding hydrogens is 328 g/mol. The minimum atomic E-state index is 0.625. The van der Waals surface area contributed by atoms with E-state index in [1.807, 2.05) is 30.3 Å². The van der Waals surface area contributed by atoms with Gasteiger partial charge in [-0.05, 0) is 35.3 Å². The second kappa shape index (κ2) is 7.86. The van der Waals surface area contributed by atoms with Crippen LogP contribution in [0.1, 0.15) is 32.6 Å². The molecule has 1 heterocycles. The van der Waals surface area contributed by atoms with Crippen LogP contribution in [0, 0.1) is 0 Å². The van der Waals surface area contributed by atoms with Crippen molar-refractivity contribution in [3.63, 3.8) is 0 Å². The van der Waals surface area contributed by atoms with Crippen molar-refractivity contribution in [1.29, 1.82) is 0 Å². The van der Waals surface area contributed by atoms with Gasteiger partial charge in [-0.3, -0.25) is 9.59 Å². The molecule has 3 aromatic rings. The predicted octanol–water partition coefficient (Wildman–Crippen LogP) is 5.42. The van der Waals surface area contributed by atoms with Crippen LogP contribution in [0.3, 0.4) is 0 Å². The molecule has 0 radical (unpaired) electrons. The standard InChI is InChI=1S/C22H18O2S/c1-2-21-20(17-6-4-3-5-7-17)14-22(25-21)19(12-13-23)18-10-8-16(15-24)9-11-18/h3-15H,2H2,1H3/b19-12+. The lowest BCUT2D eigenvalue weighted by Gasteiger charge is -2.05. The summed E-state index contributed by atoms with van der Waals surface area (Å²) in [6, 6.07) is 19.7. The molecule has 0 aliphatic rings. The topological polar surface area (TPSA) is 34.1 Å². The first-order chi connectivity index (χ1) is 12.3. The van der Waals surface area contributed by atoms with Crippen LogP contribution in [0.2, 0.25) is 0 Å². The number of aryl methyl sites for hydroxylation is 1. The van der Waals surface area contributed by atoms with Crippen LogP contribution in [0.4, 0.5) is 0 Å². The van der Waals surface area contributed by atoms with Gasteiger partial charge >= 0.3 is 0 Å². The molecule has 25 heavy (non-hydrogen) atoms. The van der Waals surface area contributed by atoms with Crippen molar-refractivity contribution >= 4 is 29.5 Å². The second-order valence-electron chi connectivity index (χ2n) is 5.62. The van der Waals surface area contributed by atoms with Crippen LogP contribution >= 0.6 is 11.3 Å². The van der Waals surface area contributed by atoms with E-state index in [2.05, 4.69) is 25.1 Å². The van der Waals surface area contributed by atoms with Crippen LogP contribution in [0.5, 0.6) is 0 Å². The Labute approximate surface area is 151 Å². The average Bonchev–Trinajstić information content (AvgIpc) is 3.11. The Morgan fingerprint density at radius 2 is 1.72 bits per heavy atom. The average molecular weight is 346 g/mol. The fourth-order valence-electron chi connectivity index (χ4n) is 2.82. The SMILES string of the molecule is CCc1sc(/C(=C/C=O)c2ccc(C=O)cc2)cc1-c1ccccc1. The second-order valence-corrected chi connectivity index (χ2v) is 6.76. The normalized spacial score (nSPS) is 11.3. The summed E-state index contributed by atoms with van der Waals surface area (Å²) < 4.78 is 0. The van der Waals surface area contributed by atoms with Gasteiger partial charge in [-0.2, -0.15) is 0 Å². The zero-order chi connectivity index (χ0) is 17.6. The molecule has 2 nitrogen and oxygen atoms in total. The first kappa shape index (κ1) is 17.1. The molecule has 0 atom stereocenters. The van der Waals surface area contributed by atoms with Crippen LogP contribution in [0.15, 0.2) is 66.7 Å². The summed E-state index contributed by atoms with van der Waals surface area (Å²) in [5, 5.41) is 0. The first-order valence-corrected chi connectivity index (χ1v) is 8.98. The molecule has 0 unspecified atom stereocenters. The van der Waals surface area contributed by atoms with Crippen molar-refractivity contribution in [3.8, 4) is 11.1 Å². The summed E-state index contributed by atoms with van der Waals surface area (Å²) in [6.45, 7) is 2.14. The number of allylic oxidation sites excluding steroid dienone is 1. The number of carbonyl (C=O) groups is 2. The Bertz CT molecular complexity index is 903. The highest BCUT2D eigenvalue weighted by Crippen LogP contribution is 2.37. The zero-order valence-electron chi connectivity index (χ0n) is 13.9. The van der Waals surface area contributed by atoms with Crippen LogP contribution in [0.25, 0.3) is 16.7 Å². The molecule has 0 saturated heterocycles. The van der Waals surface area contributed by atoms with Gasteiger partial charge in [-0.1, -0.05) is 61.5 Å². The summed E-state index contributed by atoms with van der Waals surface area (Å²) in [4.78, 5) is 24.4. The van der Waals surface area contributed by atoms with Crippen LogP contribution < -0.4 is 0 Å². The van der Waals surface area contributed by atoms with E-state index in [0.29, 0.717) is 5.56 Å². The predicted molar refractivity (Wildman–Crippen MR) is 104 cm³/mol. The highest BCUT2D eigenvalue weighted by atomic mass is 32.1. The first-order valence-electron chi connectivity index (χ1n) is 8.16. The summed E-state index contributed by atoms with van der Waals surface area (Å²) in [7, 11) is 0. The summed E-state index contributed by atoms with van der Waals surface area (Å²) >= 11 is 1.71. The number of hydrogen-bond donors (Lipinski definition) is 0. The summed E-state index contributed by atoms with van der Waals surface area (Å²) in [5.74, 6) is 0. The maximum absolute atomic E-state index is 11.2. The number of benzene rings is 2. The zero-order valence-corrected chi connectivity index (χ0v) is 14.8. The van der Waals surface area contributed by atoms with Gasteiger partial charge in [0.1, 0.15) is 12.6 Å². The smallest absolute Gasteiger partial charge is 0.150 e. The summed E-state index contributed by atoms with van der Waals surface area (Å²) in [5.41, 5.74) is 4.84. The summed E-state index contributed by atoms with van der Waals surface area (Å²) in [6.07, 6.45) is 4.17. The van der Waals surface area contributed by atoms with Gasteiger partial charge in [-0.25, -0.2) is 0 Å². The fraction of sp³-hybridized carbons (Fsp3) is 0.0909. The molecule has 3 heteroatoms.